The predicted octanol–water partition coefficient (Wildman–Crippen LogP) is 4.22. The summed E-state index contributed by atoms with van der Waals surface area (Å²) in [5.74, 6) is -1.33. The Bertz CT molecular complexity index is 1370. The number of nitro benzene ring substituents is 1. The SMILES string of the molecule is COC(=O)c1cc(C(=O)NCc2cn(Cc3ccccc3)nc2-c2ccccc2)cc([N+](=O)[O-])c1. The molecular formula is C26H22N4O5. The molecule has 0 saturated carbocycles. The van der Waals surface area contributed by atoms with Crippen LogP contribution in [-0.2, 0) is 17.8 Å². The van der Waals surface area contributed by atoms with Crippen LogP contribution in [0.2, 0.25) is 0 Å². The minimum absolute atomic E-state index is 0.0162. The number of hydrogen-bond acceptors (Lipinski definition) is 6. The maximum absolute atomic E-state index is 12.9. The molecule has 0 atom stereocenters. The molecular weight excluding hydrogens is 448 g/mol. The van der Waals surface area contributed by atoms with E-state index in [-0.39, 0.29) is 23.4 Å². The van der Waals surface area contributed by atoms with Crippen LogP contribution in [0.5, 0.6) is 0 Å². The van der Waals surface area contributed by atoms with Gasteiger partial charge in [0, 0.05) is 41.6 Å². The van der Waals surface area contributed by atoms with E-state index in [2.05, 4.69) is 10.1 Å². The minimum atomic E-state index is -0.767. The number of aromatic nitrogens is 2. The van der Waals surface area contributed by atoms with Gasteiger partial charge in [0.1, 0.15) is 0 Å². The van der Waals surface area contributed by atoms with Crippen molar-refractivity contribution in [2.24, 2.45) is 0 Å². The number of benzene rings is 3. The van der Waals surface area contributed by atoms with E-state index < -0.39 is 16.8 Å². The van der Waals surface area contributed by atoms with Crippen LogP contribution < -0.4 is 5.32 Å². The van der Waals surface area contributed by atoms with E-state index in [0.717, 1.165) is 34.5 Å². The predicted molar refractivity (Wildman–Crippen MR) is 129 cm³/mol. The molecule has 1 N–H and O–H groups in total. The summed E-state index contributed by atoms with van der Waals surface area (Å²) >= 11 is 0. The molecule has 1 amide bonds. The number of esters is 1. The standard InChI is InChI=1S/C26H22N4O5/c1-35-26(32)21-12-20(13-23(14-21)30(33)34)25(31)27-15-22-17-29(16-18-8-4-2-5-9-18)28-24(22)19-10-6-3-7-11-19/h2-14,17H,15-16H2,1H3,(H,27,31). The Kier molecular flexibility index (Phi) is 6.96. The number of nitrogens with zero attached hydrogens (tertiary/aromatic N) is 3. The molecule has 0 fully saturated rings. The van der Waals surface area contributed by atoms with Crippen LogP contribution in [0, 0.1) is 10.1 Å². The molecule has 0 aliphatic carbocycles. The van der Waals surface area contributed by atoms with E-state index in [0.29, 0.717) is 6.54 Å². The molecule has 0 bridgehead atoms. The Hall–Kier alpha value is -4.79. The summed E-state index contributed by atoms with van der Waals surface area (Å²) < 4.78 is 6.45. The third-order valence-corrected chi connectivity index (χ3v) is 5.32. The lowest BCUT2D eigenvalue weighted by Gasteiger charge is -2.07. The zero-order chi connectivity index (χ0) is 24.8. The fourth-order valence-corrected chi connectivity index (χ4v) is 3.64. The molecule has 0 radical (unpaired) electrons. The molecule has 9 nitrogen and oxygen atoms in total. The van der Waals surface area contributed by atoms with Gasteiger partial charge in [-0.05, 0) is 11.6 Å². The summed E-state index contributed by atoms with van der Waals surface area (Å²) in [6.07, 6.45) is 1.86. The Morgan fingerprint density at radius 1 is 1.00 bits per heavy atom. The fraction of sp³-hybridized carbons (Fsp3) is 0.115. The molecule has 9 heteroatoms. The van der Waals surface area contributed by atoms with Crippen molar-refractivity contribution in [1.82, 2.24) is 15.1 Å². The summed E-state index contributed by atoms with van der Waals surface area (Å²) in [6.45, 7) is 0.691. The Morgan fingerprint density at radius 3 is 2.31 bits per heavy atom. The fourth-order valence-electron chi connectivity index (χ4n) is 3.64. The number of nitrogens with one attached hydrogen (secondary N) is 1. The molecule has 176 valence electrons. The minimum Gasteiger partial charge on any atom is -0.465 e. The lowest BCUT2D eigenvalue weighted by atomic mass is 10.1. The molecule has 0 aliphatic rings. The third-order valence-electron chi connectivity index (χ3n) is 5.32. The maximum atomic E-state index is 12.9. The van der Waals surface area contributed by atoms with Crippen LogP contribution in [0.3, 0.4) is 0 Å². The van der Waals surface area contributed by atoms with E-state index in [4.69, 9.17) is 5.10 Å². The largest absolute Gasteiger partial charge is 0.465 e. The van der Waals surface area contributed by atoms with E-state index >= 15 is 0 Å². The number of carbonyl (C=O) groups is 2. The lowest BCUT2D eigenvalue weighted by molar-refractivity contribution is -0.384. The van der Waals surface area contributed by atoms with Crippen LogP contribution in [0.1, 0.15) is 31.8 Å². The molecule has 3 aromatic carbocycles. The first kappa shape index (κ1) is 23.4. The molecule has 4 rings (SSSR count). The monoisotopic (exact) mass is 470 g/mol. The third kappa shape index (κ3) is 5.59. The number of nitro groups is 1. The zero-order valence-electron chi connectivity index (χ0n) is 18.9. The van der Waals surface area contributed by atoms with E-state index in [1.807, 2.05) is 71.5 Å². The van der Waals surface area contributed by atoms with Gasteiger partial charge in [-0.25, -0.2) is 4.79 Å². The maximum Gasteiger partial charge on any atom is 0.338 e. The highest BCUT2D eigenvalue weighted by molar-refractivity contribution is 5.99. The molecule has 4 aromatic rings. The first-order valence-corrected chi connectivity index (χ1v) is 10.8. The summed E-state index contributed by atoms with van der Waals surface area (Å²) in [5, 5.41) is 18.8. The second-order valence-corrected chi connectivity index (χ2v) is 7.75. The Morgan fingerprint density at radius 2 is 1.66 bits per heavy atom. The van der Waals surface area contributed by atoms with Gasteiger partial charge in [-0.15, -0.1) is 0 Å². The number of ether oxygens (including phenoxy) is 1. The first-order chi connectivity index (χ1) is 16.9. The van der Waals surface area contributed by atoms with Crippen molar-refractivity contribution in [1.29, 1.82) is 0 Å². The van der Waals surface area contributed by atoms with Crippen molar-refractivity contribution >= 4 is 17.6 Å². The average Bonchev–Trinajstić information content (AvgIpc) is 3.30. The second-order valence-electron chi connectivity index (χ2n) is 7.75. The summed E-state index contributed by atoms with van der Waals surface area (Å²) in [4.78, 5) is 35.4. The first-order valence-electron chi connectivity index (χ1n) is 10.8. The average molecular weight is 470 g/mol. The van der Waals surface area contributed by atoms with Crippen molar-refractivity contribution in [3.8, 4) is 11.3 Å². The van der Waals surface area contributed by atoms with Crippen LogP contribution in [0.25, 0.3) is 11.3 Å². The normalized spacial score (nSPS) is 10.5. The van der Waals surface area contributed by atoms with Gasteiger partial charge in [0.2, 0.25) is 0 Å². The number of amides is 1. The van der Waals surface area contributed by atoms with Crippen molar-refractivity contribution in [2.45, 2.75) is 13.1 Å². The van der Waals surface area contributed by atoms with Crippen LogP contribution >= 0.6 is 0 Å². The number of non-ortho nitro benzene ring substituents is 1. The number of carbonyl (C=O) groups excluding carboxylic acids is 2. The topological polar surface area (TPSA) is 116 Å². The molecule has 0 unspecified atom stereocenters. The smallest absolute Gasteiger partial charge is 0.338 e. The van der Waals surface area contributed by atoms with Crippen molar-refractivity contribution in [3.63, 3.8) is 0 Å². The van der Waals surface area contributed by atoms with Gasteiger partial charge < -0.3 is 10.1 Å². The quantitative estimate of drug-likeness (QED) is 0.234. The zero-order valence-corrected chi connectivity index (χ0v) is 18.9. The van der Waals surface area contributed by atoms with E-state index in [9.17, 15) is 19.7 Å². The molecule has 1 heterocycles. The van der Waals surface area contributed by atoms with Crippen molar-refractivity contribution in [2.75, 3.05) is 7.11 Å². The molecule has 0 aliphatic heterocycles. The summed E-state index contributed by atoms with van der Waals surface area (Å²) in [7, 11) is 1.17. The lowest BCUT2D eigenvalue weighted by Crippen LogP contribution is -2.23. The van der Waals surface area contributed by atoms with Crippen LogP contribution in [0.15, 0.2) is 85.1 Å². The van der Waals surface area contributed by atoms with E-state index in [1.165, 1.54) is 13.2 Å². The summed E-state index contributed by atoms with van der Waals surface area (Å²) in [5.41, 5.74) is 3.00. The molecule has 35 heavy (non-hydrogen) atoms. The number of rotatable bonds is 8. The number of hydrogen-bond donors (Lipinski definition) is 1. The van der Waals surface area contributed by atoms with Gasteiger partial charge in [0.05, 0.1) is 29.8 Å². The highest BCUT2D eigenvalue weighted by atomic mass is 16.6. The highest BCUT2D eigenvalue weighted by Crippen LogP contribution is 2.23. The Balaban J connectivity index is 1.60. The van der Waals surface area contributed by atoms with Crippen LogP contribution in [0.4, 0.5) is 5.69 Å². The molecule has 0 spiro atoms. The summed E-state index contributed by atoms with van der Waals surface area (Å²) in [6, 6.07) is 22.9. The van der Waals surface area contributed by atoms with Crippen molar-refractivity contribution < 1.29 is 19.2 Å². The van der Waals surface area contributed by atoms with Gasteiger partial charge in [-0.1, -0.05) is 60.7 Å². The molecule has 1 aromatic heterocycles. The molecule has 0 saturated heterocycles. The van der Waals surface area contributed by atoms with Crippen molar-refractivity contribution in [3.05, 3.63) is 117 Å². The highest BCUT2D eigenvalue weighted by Gasteiger charge is 2.19. The van der Waals surface area contributed by atoms with E-state index in [1.54, 1.807) is 0 Å². The van der Waals surface area contributed by atoms with Gasteiger partial charge in [0.15, 0.2) is 0 Å². The van der Waals surface area contributed by atoms with Gasteiger partial charge in [-0.2, -0.15) is 5.10 Å². The van der Waals surface area contributed by atoms with Crippen LogP contribution in [-0.4, -0.2) is 33.7 Å². The van der Waals surface area contributed by atoms with Gasteiger partial charge >= 0.3 is 5.97 Å². The second kappa shape index (κ2) is 10.4. The van der Waals surface area contributed by atoms with Gasteiger partial charge in [-0.3, -0.25) is 19.6 Å². The number of methoxy groups -OCH3 is 1. The Labute approximate surface area is 201 Å². The van der Waals surface area contributed by atoms with Gasteiger partial charge in [0.25, 0.3) is 11.6 Å².